The van der Waals surface area contributed by atoms with Gasteiger partial charge in [-0.05, 0) is 13.8 Å². The Hall–Kier alpha value is -2.88. The molecule has 2 atom stereocenters. The summed E-state index contributed by atoms with van der Waals surface area (Å²) in [7, 11) is 0. The molecule has 0 bridgehead atoms. The molecule has 2 aromatic rings. The summed E-state index contributed by atoms with van der Waals surface area (Å²) in [6.45, 7) is 3.03. The van der Waals surface area contributed by atoms with Gasteiger partial charge in [0.05, 0.1) is 11.8 Å². The molecule has 0 fully saturated rings. The van der Waals surface area contributed by atoms with Crippen molar-refractivity contribution < 1.29 is 9.59 Å². The van der Waals surface area contributed by atoms with Crippen molar-refractivity contribution in [2.75, 3.05) is 0 Å². The first kappa shape index (κ1) is 17.5. The molecule has 2 N–H and O–H groups in total. The highest BCUT2D eigenvalue weighted by molar-refractivity contribution is 6.21. The van der Waals surface area contributed by atoms with Crippen LogP contribution in [0.2, 0.25) is 0 Å². The van der Waals surface area contributed by atoms with Gasteiger partial charge in [0.25, 0.3) is 0 Å². The normalized spacial score (nSPS) is 12.9. The van der Waals surface area contributed by atoms with Crippen molar-refractivity contribution >= 4 is 23.0 Å². The van der Waals surface area contributed by atoms with Crippen LogP contribution in [-0.4, -0.2) is 23.0 Å². The Balaban J connectivity index is 2.46. The van der Waals surface area contributed by atoms with Crippen molar-refractivity contribution in [3.05, 3.63) is 71.8 Å². The van der Waals surface area contributed by atoms with Gasteiger partial charge < -0.3 is 10.8 Å². The molecular formula is C20H20N2O2. The second kappa shape index (κ2) is 7.59. The first-order valence-electron chi connectivity index (χ1n) is 7.72. The number of benzene rings is 2. The van der Waals surface area contributed by atoms with E-state index in [4.69, 9.17) is 10.8 Å². The van der Waals surface area contributed by atoms with Gasteiger partial charge in [0.15, 0.2) is 11.6 Å². The molecule has 0 aliphatic heterocycles. The number of hydrogen-bond donors (Lipinski definition) is 2. The molecule has 24 heavy (non-hydrogen) atoms. The van der Waals surface area contributed by atoms with Crippen LogP contribution in [0.15, 0.2) is 60.7 Å². The van der Waals surface area contributed by atoms with E-state index < -0.39 is 11.8 Å². The number of Topliss-reactive ketones (excluding diaryl/α,β-unsaturated/α-hetero) is 2. The van der Waals surface area contributed by atoms with E-state index in [1.807, 2.05) is 0 Å². The molecule has 0 heterocycles. The molecule has 2 aromatic carbocycles. The Labute approximate surface area is 141 Å². The number of ketones is 2. The summed E-state index contributed by atoms with van der Waals surface area (Å²) in [6, 6.07) is 17.3. The van der Waals surface area contributed by atoms with E-state index in [0.29, 0.717) is 11.1 Å². The molecular weight excluding hydrogens is 300 g/mol. The van der Waals surface area contributed by atoms with Gasteiger partial charge in [0, 0.05) is 22.6 Å². The predicted octanol–water partition coefficient (Wildman–Crippen LogP) is 4.06. The van der Waals surface area contributed by atoms with Crippen LogP contribution in [0.5, 0.6) is 0 Å². The molecule has 0 saturated carbocycles. The van der Waals surface area contributed by atoms with Crippen molar-refractivity contribution in [2.45, 2.75) is 13.8 Å². The van der Waals surface area contributed by atoms with Crippen molar-refractivity contribution in [1.82, 2.24) is 0 Å². The smallest absolute Gasteiger partial charge is 0.172 e. The fraction of sp³-hybridized carbons (Fsp3) is 0.200. The van der Waals surface area contributed by atoms with E-state index >= 15 is 0 Å². The average molecular weight is 320 g/mol. The van der Waals surface area contributed by atoms with E-state index in [0.717, 1.165) is 0 Å². The van der Waals surface area contributed by atoms with Crippen LogP contribution in [0.4, 0.5) is 0 Å². The molecule has 0 spiro atoms. The minimum Gasteiger partial charge on any atom is -0.309 e. The van der Waals surface area contributed by atoms with Crippen LogP contribution in [0, 0.1) is 22.7 Å². The van der Waals surface area contributed by atoms with Crippen LogP contribution in [0.1, 0.15) is 34.6 Å². The average Bonchev–Trinajstić information content (AvgIpc) is 2.59. The molecule has 4 heteroatoms. The Morgan fingerprint density at radius 3 is 1.21 bits per heavy atom. The van der Waals surface area contributed by atoms with Crippen LogP contribution < -0.4 is 0 Å². The summed E-state index contributed by atoms with van der Waals surface area (Å²) in [5, 5.41) is 16.1. The monoisotopic (exact) mass is 320 g/mol. The van der Waals surface area contributed by atoms with Crippen LogP contribution in [-0.2, 0) is 0 Å². The Bertz CT molecular complexity index is 699. The van der Waals surface area contributed by atoms with E-state index in [9.17, 15) is 9.59 Å². The molecule has 2 rings (SSSR count). The number of nitrogens with one attached hydrogen (secondary N) is 2. The van der Waals surface area contributed by atoms with Gasteiger partial charge in [-0.2, -0.15) is 0 Å². The van der Waals surface area contributed by atoms with Crippen LogP contribution in [0.3, 0.4) is 0 Å². The third-order valence-corrected chi connectivity index (χ3v) is 3.95. The number of carbonyl (C=O) groups is 2. The molecule has 0 saturated heterocycles. The van der Waals surface area contributed by atoms with Crippen molar-refractivity contribution in [3.63, 3.8) is 0 Å². The van der Waals surface area contributed by atoms with Crippen LogP contribution in [0.25, 0.3) is 0 Å². The molecule has 122 valence electrons. The lowest BCUT2D eigenvalue weighted by molar-refractivity contribution is 0.0853. The summed E-state index contributed by atoms with van der Waals surface area (Å²) in [4.78, 5) is 25.8. The minimum atomic E-state index is -0.961. The Kier molecular flexibility index (Phi) is 5.53. The number of carbonyl (C=O) groups excluding carboxylic acids is 2. The minimum absolute atomic E-state index is 0.0877. The lowest BCUT2D eigenvalue weighted by atomic mass is 9.76. The zero-order valence-electron chi connectivity index (χ0n) is 13.7. The van der Waals surface area contributed by atoms with Gasteiger partial charge in [-0.25, -0.2) is 0 Å². The summed E-state index contributed by atoms with van der Waals surface area (Å²) >= 11 is 0. The second-order valence-corrected chi connectivity index (χ2v) is 5.78. The maximum Gasteiger partial charge on any atom is 0.172 e. The number of rotatable bonds is 7. The standard InChI is InChI=1S/C20H20N2O2/c1-13(21)17(19(23)15-9-5-3-6-10-15)18(14(2)22)20(24)16-11-7-4-8-12-16/h3-12,17-18,21-22H,1-2H3. The molecule has 0 aromatic heterocycles. The third-order valence-electron chi connectivity index (χ3n) is 3.95. The largest absolute Gasteiger partial charge is 0.309 e. The van der Waals surface area contributed by atoms with Gasteiger partial charge in [-0.1, -0.05) is 60.7 Å². The molecule has 0 aliphatic carbocycles. The molecule has 4 nitrogen and oxygen atoms in total. The van der Waals surface area contributed by atoms with Crippen LogP contribution >= 0.6 is 0 Å². The van der Waals surface area contributed by atoms with E-state index in [2.05, 4.69) is 0 Å². The van der Waals surface area contributed by atoms with Crippen molar-refractivity contribution in [1.29, 1.82) is 10.8 Å². The summed E-state index contributed by atoms with van der Waals surface area (Å²) in [5.41, 5.74) is 1.07. The summed E-state index contributed by atoms with van der Waals surface area (Å²) in [5.74, 6) is -2.52. The predicted molar refractivity (Wildman–Crippen MR) is 95.3 cm³/mol. The maximum absolute atomic E-state index is 12.9. The topological polar surface area (TPSA) is 81.8 Å². The zero-order valence-corrected chi connectivity index (χ0v) is 13.7. The molecule has 0 amide bonds. The Morgan fingerprint density at radius 1 is 0.667 bits per heavy atom. The van der Waals surface area contributed by atoms with Gasteiger partial charge in [0.2, 0.25) is 0 Å². The first-order chi connectivity index (χ1) is 11.4. The second-order valence-electron chi connectivity index (χ2n) is 5.78. The summed E-state index contributed by atoms with van der Waals surface area (Å²) in [6.07, 6.45) is 0. The van der Waals surface area contributed by atoms with Gasteiger partial charge in [0.1, 0.15) is 0 Å². The van der Waals surface area contributed by atoms with Crippen molar-refractivity contribution in [2.24, 2.45) is 11.8 Å². The van der Waals surface area contributed by atoms with Gasteiger partial charge in [-0.3, -0.25) is 9.59 Å². The summed E-state index contributed by atoms with van der Waals surface area (Å²) < 4.78 is 0. The maximum atomic E-state index is 12.9. The van der Waals surface area contributed by atoms with E-state index in [1.54, 1.807) is 60.7 Å². The highest BCUT2D eigenvalue weighted by atomic mass is 16.1. The fourth-order valence-corrected chi connectivity index (χ4v) is 2.76. The number of hydrogen-bond acceptors (Lipinski definition) is 4. The zero-order chi connectivity index (χ0) is 17.7. The lowest BCUT2D eigenvalue weighted by Crippen LogP contribution is -2.38. The van der Waals surface area contributed by atoms with Gasteiger partial charge in [-0.15, -0.1) is 0 Å². The van der Waals surface area contributed by atoms with E-state index in [-0.39, 0.29) is 23.0 Å². The molecule has 0 radical (unpaired) electrons. The molecule has 0 aliphatic rings. The Morgan fingerprint density at radius 2 is 0.958 bits per heavy atom. The molecule has 2 unspecified atom stereocenters. The fourth-order valence-electron chi connectivity index (χ4n) is 2.76. The van der Waals surface area contributed by atoms with E-state index in [1.165, 1.54) is 13.8 Å². The van der Waals surface area contributed by atoms with Crippen molar-refractivity contribution in [3.8, 4) is 0 Å². The SMILES string of the molecule is CC(=N)C(C(=O)c1ccccc1)C(C(C)=N)C(=O)c1ccccc1. The lowest BCUT2D eigenvalue weighted by Gasteiger charge is -2.24. The highest BCUT2D eigenvalue weighted by Crippen LogP contribution is 2.24. The first-order valence-corrected chi connectivity index (χ1v) is 7.72. The highest BCUT2D eigenvalue weighted by Gasteiger charge is 2.37. The quantitative estimate of drug-likeness (QED) is 0.595. The third kappa shape index (κ3) is 3.71. The van der Waals surface area contributed by atoms with Gasteiger partial charge >= 0.3 is 0 Å².